The average molecular weight is 248 g/mol. The normalized spacial score (nSPS) is 10.5. The number of nitrogens with two attached hydrogens (primary N) is 1. The van der Waals surface area contributed by atoms with E-state index in [1.54, 1.807) is 6.07 Å². The third kappa shape index (κ3) is 1.91. The second-order valence-electron chi connectivity index (χ2n) is 4.33. The quantitative estimate of drug-likeness (QED) is 0.757. The van der Waals surface area contributed by atoms with Gasteiger partial charge in [0.15, 0.2) is 0 Å². The molecule has 0 aliphatic rings. The monoisotopic (exact) mass is 248 g/mol. The van der Waals surface area contributed by atoms with Crippen LogP contribution in [-0.2, 0) is 6.54 Å². The second-order valence-corrected chi connectivity index (χ2v) is 4.33. The van der Waals surface area contributed by atoms with E-state index in [1.807, 2.05) is 47.0 Å². The van der Waals surface area contributed by atoms with Crippen molar-refractivity contribution in [2.45, 2.75) is 6.54 Å². The van der Waals surface area contributed by atoms with E-state index in [4.69, 9.17) is 11.0 Å². The summed E-state index contributed by atoms with van der Waals surface area (Å²) in [5, 5.41) is 9.09. The highest BCUT2D eigenvalue weighted by Crippen LogP contribution is 2.22. The number of hydrogen-bond donors (Lipinski definition) is 1. The van der Waals surface area contributed by atoms with E-state index in [1.165, 1.54) is 0 Å². The van der Waals surface area contributed by atoms with E-state index in [0.717, 1.165) is 11.1 Å². The predicted molar refractivity (Wildman–Crippen MR) is 74.4 cm³/mol. The van der Waals surface area contributed by atoms with Crippen LogP contribution in [0.3, 0.4) is 0 Å². The number of benzene rings is 2. The number of anilines is 1. The number of para-hydroxylation sites is 1. The van der Waals surface area contributed by atoms with Crippen molar-refractivity contribution < 1.29 is 0 Å². The van der Waals surface area contributed by atoms with Gasteiger partial charge >= 0.3 is 0 Å². The molecule has 4 nitrogen and oxygen atoms in total. The number of nitrogen functional groups attached to an aromatic ring is 1. The zero-order valence-corrected chi connectivity index (χ0v) is 10.2. The average Bonchev–Trinajstić information content (AvgIpc) is 2.76. The van der Waals surface area contributed by atoms with Crippen molar-refractivity contribution in [3.63, 3.8) is 0 Å². The van der Waals surface area contributed by atoms with Gasteiger partial charge in [0, 0.05) is 0 Å². The standard InChI is InChI=1S/C15H12N4/c16-9-12-7-4-8-13-14(12)18-15(17)19(13)10-11-5-2-1-3-6-11/h1-8H,10H2,(H2,17,18). The molecule has 0 atom stereocenters. The number of imidazole rings is 1. The van der Waals surface area contributed by atoms with Crippen LogP contribution in [0.25, 0.3) is 11.0 Å². The maximum atomic E-state index is 9.09. The Balaban J connectivity index is 2.15. The van der Waals surface area contributed by atoms with Gasteiger partial charge in [-0.25, -0.2) is 4.98 Å². The summed E-state index contributed by atoms with van der Waals surface area (Å²) >= 11 is 0. The van der Waals surface area contributed by atoms with Crippen molar-refractivity contribution >= 4 is 17.0 Å². The van der Waals surface area contributed by atoms with Gasteiger partial charge in [-0.2, -0.15) is 5.26 Å². The molecule has 3 rings (SSSR count). The maximum Gasteiger partial charge on any atom is 0.201 e. The van der Waals surface area contributed by atoms with E-state index >= 15 is 0 Å². The summed E-state index contributed by atoms with van der Waals surface area (Å²) in [5.41, 5.74) is 9.22. The lowest BCUT2D eigenvalue weighted by Gasteiger charge is -2.06. The molecule has 0 fully saturated rings. The highest BCUT2D eigenvalue weighted by atomic mass is 15.1. The Kier molecular flexibility index (Phi) is 2.66. The number of rotatable bonds is 2. The molecule has 92 valence electrons. The van der Waals surface area contributed by atoms with Gasteiger partial charge in [0.2, 0.25) is 5.95 Å². The lowest BCUT2D eigenvalue weighted by atomic mass is 10.2. The fourth-order valence-corrected chi connectivity index (χ4v) is 2.19. The van der Waals surface area contributed by atoms with Gasteiger partial charge in [-0.3, -0.25) is 0 Å². The number of aromatic nitrogens is 2. The molecule has 0 aliphatic carbocycles. The minimum absolute atomic E-state index is 0.432. The van der Waals surface area contributed by atoms with Gasteiger partial charge in [0.05, 0.1) is 17.6 Å². The van der Waals surface area contributed by atoms with E-state index in [0.29, 0.717) is 23.6 Å². The summed E-state index contributed by atoms with van der Waals surface area (Å²) in [5.74, 6) is 0.432. The minimum Gasteiger partial charge on any atom is -0.369 e. The Morgan fingerprint density at radius 1 is 1.11 bits per heavy atom. The van der Waals surface area contributed by atoms with Crippen LogP contribution in [0.4, 0.5) is 5.95 Å². The fraction of sp³-hybridized carbons (Fsp3) is 0.0667. The van der Waals surface area contributed by atoms with E-state index < -0.39 is 0 Å². The van der Waals surface area contributed by atoms with Crippen LogP contribution in [0.5, 0.6) is 0 Å². The molecular weight excluding hydrogens is 236 g/mol. The third-order valence-corrected chi connectivity index (χ3v) is 3.11. The van der Waals surface area contributed by atoms with Gasteiger partial charge in [-0.05, 0) is 17.7 Å². The molecule has 0 saturated heterocycles. The Bertz CT molecular complexity index is 766. The molecule has 0 radical (unpaired) electrons. The zero-order valence-electron chi connectivity index (χ0n) is 10.2. The Hall–Kier alpha value is -2.80. The van der Waals surface area contributed by atoms with E-state index in [-0.39, 0.29) is 0 Å². The molecule has 3 aromatic rings. The van der Waals surface area contributed by atoms with Crippen molar-refractivity contribution in [2.24, 2.45) is 0 Å². The first-order chi connectivity index (χ1) is 9.29. The largest absolute Gasteiger partial charge is 0.369 e. The molecule has 19 heavy (non-hydrogen) atoms. The summed E-state index contributed by atoms with van der Waals surface area (Å²) in [7, 11) is 0. The van der Waals surface area contributed by atoms with E-state index in [9.17, 15) is 0 Å². The topological polar surface area (TPSA) is 67.6 Å². The summed E-state index contributed by atoms with van der Waals surface area (Å²) in [4.78, 5) is 4.30. The van der Waals surface area contributed by atoms with Crippen molar-refractivity contribution in [1.29, 1.82) is 5.26 Å². The Morgan fingerprint density at radius 2 is 1.89 bits per heavy atom. The molecule has 4 heteroatoms. The van der Waals surface area contributed by atoms with Gasteiger partial charge in [-0.15, -0.1) is 0 Å². The van der Waals surface area contributed by atoms with Crippen molar-refractivity contribution in [2.75, 3.05) is 5.73 Å². The number of nitriles is 1. The van der Waals surface area contributed by atoms with Crippen molar-refractivity contribution in [3.05, 3.63) is 59.7 Å². The van der Waals surface area contributed by atoms with Crippen LogP contribution < -0.4 is 5.73 Å². The summed E-state index contributed by atoms with van der Waals surface area (Å²) in [6.07, 6.45) is 0. The van der Waals surface area contributed by atoms with Crippen LogP contribution in [0.1, 0.15) is 11.1 Å². The highest BCUT2D eigenvalue weighted by molar-refractivity contribution is 5.84. The molecule has 2 N–H and O–H groups in total. The molecule has 2 aromatic carbocycles. The molecular formula is C15H12N4. The third-order valence-electron chi connectivity index (χ3n) is 3.11. The number of nitrogens with zero attached hydrogens (tertiary/aromatic N) is 3. The first-order valence-corrected chi connectivity index (χ1v) is 5.98. The van der Waals surface area contributed by atoms with Crippen LogP contribution in [0.2, 0.25) is 0 Å². The maximum absolute atomic E-state index is 9.09. The molecule has 0 spiro atoms. The molecule has 0 aliphatic heterocycles. The van der Waals surface area contributed by atoms with Crippen LogP contribution >= 0.6 is 0 Å². The molecule has 1 heterocycles. The number of hydrogen-bond acceptors (Lipinski definition) is 3. The Labute approximate surface area is 110 Å². The van der Waals surface area contributed by atoms with Crippen molar-refractivity contribution in [3.8, 4) is 6.07 Å². The summed E-state index contributed by atoms with van der Waals surface area (Å²) in [6.45, 7) is 0.651. The smallest absolute Gasteiger partial charge is 0.201 e. The number of fused-ring (bicyclic) bond motifs is 1. The van der Waals surface area contributed by atoms with Crippen LogP contribution in [-0.4, -0.2) is 9.55 Å². The molecule has 0 amide bonds. The summed E-state index contributed by atoms with van der Waals surface area (Å²) < 4.78 is 1.92. The van der Waals surface area contributed by atoms with Crippen LogP contribution in [0.15, 0.2) is 48.5 Å². The second kappa shape index (κ2) is 4.46. The van der Waals surface area contributed by atoms with Gasteiger partial charge in [0.25, 0.3) is 0 Å². The minimum atomic E-state index is 0.432. The Morgan fingerprint density at radius 3 is 2.63 bits per heavy atom. The molecule has 1 aromatic heterocycles. The van der Waals surface area contributed by atoms with Gasteiger partial charge < -0.3 is 10.3 Å². The molecule has 0 bridgehead atoms. The van der Waals surface area contributed by atoms with Gasteiger partial charge in [-0.1, -0.05) is 36.4 Å². The lowest BCUT2D eigenvalue weighted by Crippen LogP contribution is -2.04. The fourth-order valence-electron chi connectivity index (χ4n) is 2.19. The first-order valence-electron chi connectivity index (χ1n) is 5.98. The van der Waals surface area contributed by atoms with Gasteiger partial charge in [0.1, 0.15) is 11.6 Å². The molecule has 0 saturated carbocycles. The van der Waals surface area contributed by atoms with E-state index in [2.05, 4.69) is 11.1 Å². The first kappa shape index (κ1) is 11.3. The SMILES string of the molecule is N#Cc1cccc2c1nc(N)n2Cc1ccccc1. The predicted octanol–water partition coefficient (Wildman–Crippen LogP) is 2.54. The van der Waals surface area contributed by atoms with Crippen LogP contribution in [0, 0.1) is 11.3 Å². The molecule has 0 unspecified atom stereocenters. The summed E-state index contributed by atoms with van der Waals surface area (Å²) in [6, 6.07) is 17.7. The lowest BCUT2D eigenvalue weighted by molar-refractivity contribution is 0.838. The highest BCUT2D eigenvalue weighted by Gasteiger charge is 2.11. The van der Waals surface area contributed by atoms with Crippen molar-refractivity contribution in [1.82, 2.24) is 9.55 Å². The zero-order chi connectivity index (χ0) is 13.2.